The molecule has 0 amide bonds. The zero-order valence-electron chi connectivity index (χ0n) is 12.2. The number of nitro groups is 1. The fourth-order valence-corrected chi connectivity index (χ4v) is 2.66. The Bertz CT molecular complexity index is 498. The van der Waals surface area contributed by atoms with Crippen molar-refractivity contribution < 1.29 is 9.66 Å². The van der Waals surface area contributed by atoms with Crippen LogP contribution in [0.5, 0.6) is 5.88 Å². The summed E-state index contributed by atoms with van der Waals surface area (Å²) < 4.78 is 7.32. The molecule has 2 unspecified atom stereocenters. The summed E-state index contributed by atoms with van der Waals surface area (Å²) in [5, 5.41) is 15.5. The van der Waals surface area contributed by atoms with Gasteiger partial charge in [-0.25, -0.2) is 4.68 Å². The first kappa shape index (κ1) is 14.8. The van der Waals surface area contributed by atoms with Crippen molar-refractivity contribution in [2.75, 3.05) is 0 Å². The molecule has 20 heavy (non-hydrogen) atoms. The van der Waals surface area contributed by atoms with Gasteiger partial charge in [-0.05, 0) is 25.7 Å². The molecule has 7 nitrogen and oxygen atoms in total. The van der Waals surface area contributed by atoms with Crippen molar-refractivity contribution in [1.29, 1.82) is 0 Å². The van der Waals surface area contributed by atoms with Gasteiger partial charge in [0.05, 0.1) is 4.92 Å². The van der Waals surface area contributed by atoms with Crippen LogP contribution in [0.1, 0.15) is 51.1 Å². The lowest BCUT2D eigenvalue weighted by Gasteiger charge is -2.26. The van der Waals surface area contributed by atoms with E-state index >= 15 is 0 Å². The number of ether oxygens (including phenoxy) is 1. The lowest BCUT2D eigenvalue weighted by atomic mass is 9.93. The molecule has 1 aliphatic carbocycles. The molecule has 1 aliphatic rings. The van der Waals surface area contributed by atoms with Gasteiger partial charge in [0.2, 0.25) is 0 Å². The molecule has 2 N–H and O–H groups in total. The average molecular weight is 282 g/mol. The van der Waals surface area contributed by atoms with Crippen LogP contribution in [0.25, 0.3) is 0 Å². The summed E-state index contributed by atoms with van der Waals surface area (Å²) in [5.74, 6) is 0.227. The van der Waals surface area contributed by atoms with Gasteiger partial charge in [0, 0.05) is 19.0 Å². The number of aryl methyl sites for hydroxylation is 1. The maximum Gasteiger partial charge on any atom is 0.353 e. The first-order valence-corrected chi connectivity index (χ1v) is 7.03. The molecule has 1 aromatic heterocycles. The SMILES string of the molecule is CC(C)c1nn(C)c(OC2CCCC(N)C2)c1[N+](=O)[O-]. The Labute approximate surface area is 118 Å². The smallest absolute Gasteiger partial charge is 0.353 e. The van der Waals surface area contributed by atoms with Gasteiger partial charge in [-0.2, -0.15) is 5.10 Å². The highest BCUT2D eigenvalue weighted by Crippen LogP contribution is 2.36. The number of hydrogen-bond donors (Lipinski definition) is 1. The van der Waals surface area contributed by atoms with Crippen LogP contribution in [-0.2, 0) is 7.05 Å². The molecule has 0 radical (unpaired) electrons. The van der Waals surface area contributed by atoms with Crippen LogP contribution in [0, 0.1) is 10.1 Å². The highest BCUT2D eigenvalue weighted by Gasteiger charge is 2.32. The van der Waals surface area contributed by atoms with E-state index < -0.39 is 4.92 Å². The van der Waals surface area contributed by atoms with Crippen LogP contribution >= 0.6 is 0 Å². The number of nitrogens with zero attached hydrogens (tertiary/aromatic N) is 3. The van der Waals surface area contributed by atoms with Crippen molar-refractivity contribution in [2.45, 2.75) is 57.6 Å². The van der Waals surface area contributed by atoms with E-state index in [1.165, 1.54) is 4.68 Å². The summed E-state index contributed by atoms with van der Waals surface area (Å²) in [6.07, 6.45) is 3.54. The van der Waals surface area contributed by atoms with Crippen LogP contribution in [0.4, 0.5) is 5.69 Å². The molecule has 0 aliphatic heterocycles. The molecule has 112 valence electrons. The lowest BCUT2D eigenvalue weighted by molar-refractivity contribution is -0.387. The molecule has 2 atom stereocenters. The summed E-state index contributed by atoms with van der Waals surface area (Å²) in [5.41, 5.74) is 6.38. The van der Waals surface area contributed by atoms with Crippen molar-refractivity contribution in [3.05, 3.63) is 15.8 Å². The number of rotatable bonds is 4. The van der Waals surface area contributed by atoms with E-state index in [9.17, 15) is 10.1 Å². The summed E-state index contributed by atoms with van der Waals surface area (Å²) in [4.78, 5) is 10.9. The van der Waals surface area contributed by atoms with E-state index in [4.69, 9.17) is 10.5 Å². The first-order valence-electron chi connectivity index (χ1n) is 7.03. The highest BCUT2D eigenvalue weighted by atomic mass is 16.6. The number of hydrogen-bond acceptors (Lipinski definition) is 5. The van der Waals surface area contributed by atoms with Crippen LogP contribution in [0.15, 0.2) is 0 Å². The van der Waals surface area contributed by atoms with Crippen LogP contribution in [0.3, 0.4) is 0 Å². The summed E-state index contributed by atoms with van der Waals surface area (Å²) in [7, 11) is 1.68. The molecular formula is C13H22N4O3. The quantitative estimate of drug-likeness (QED) is 0.673. The van der Waals surface area contributed by atoms with Gasteiger partial charge < -0.3 is 10.5 Å². The van der Waals surface area contributed by atoms with Gasteiger partial charge in [-0.1, -0.05) is 13.8 Å². The summed E-state index contributed by atoms with van der Waals surface area (Å²) in [6.45, 7) is 3.77. The Morgan fingerprint density at radius 1 is 1.50 bits per heavy atom. The van der Waals surface area contributed by atoms with Crippen molar-refractivity contribution in [3.8, 4) is 5.88 Å². The average Bonchev–Trinajstić information content (AvgIpc) is 2.67. The Morgan fingerprint density at radius 3 is 2.75 bits per heavy atom. The molecule has 0 saturated heterocycles. The van der Waals surface area contributed by atoms with Crippen LogP contribution in [-0.4, -0.2) is 26.8 Å². The van der Waals surface area contributed by atoms with E-state index in [-0.39, 0.29) is 29.6 Å². The maximum absolute atomic E-state index is 11.3. The van der Waals surface area contributed by atoms with Crippen molar-refractivity contribution in [1.82, 2.24) is 9.78 Å². The Balaban J connectivity index is 2.28. The van der Waals surface area contributed by atoms with Gasteiger partial charge in [0.15, 0.2) is 0 Å². The van der Waals surface area contributed by atoms with E-state index in [1.54, 1.807) is 7.05 Å². The van der Waals surface area contributed by atoms with Crippen molar-refractivity contribution in [3.63, 3.8) is 0 Å². The molecule has 0 bridgehead atoms. The Kier molecular flexibility index (Phi) is 4.27. The van der Waals surface area contributed by atoms with Crippen LogP contribution < -0.4 is 10.5 Å². The molecule has 2 rings (SSSR count). The standard InChI is InChI=1S/C13H22N4O3/c1-8(2)11-12(17(18)19)13(16(3)15-11)20-10-6-4-5-9(14)7-10/h8-10H,4-7,14H2,1-3H3. The minimum atomic E-state index is -0.402. The normalized spacial score (nSPS) is 23.1. The fraction of sp³-hybridized carbons (Fsp3) is 0.769. The third kappa shape index (κ3) is 2.92. The second kappa shape index (κ2) is 5.78. The minimum Gasteiger partial charge on any atom is -0.470 e. The van der Waals surface area contributed by atoms with Gasteiger partial charge in [0.1, 0.15) is 11.8 Å². The third-order valence-corrected chi connectivity index (χ3v) is 3.67. The second-order valence-electron chi connectivity index (χ2n) is 5.74. The number of aromatic nitrogens is 2. The molecule has 0 aromatic carbocycles. The monoisotopic (exact) mass is 282 g/mol. The van der Waals surface area contributed by atoms with Gasteiger partial charge in [-0.15, -0.1) is 0 Å². The van der Waals surface area contributed by atoms with Gasteiger partial charge >= 0.3 is 5.69 Å². The highest BCUT2D eigenvalue weighted by molar-refractivity contribution is 5.47. The largest absolute Gasteiger partial charge is 0.470 e. The predicted molar refractivity (Wildman–Crippen MR) is 74.8 cm³/mol. The van der Waals surface area contributed by atoms with Crippen molar-refractivity contribution >= 4 is 5.69 Å². The minimum absolute atomic E-state index is 0.0124. The Morgan fingerprint density at radius 2 is 2.20 bits per heavy atom. The van der Waals surface area contributed by atoms with E-state index in [0.29, 0.717) is 5.69 Å². The van der Waals surface area contributed by atoms with E-state index in [1.807, 2.05) is 13.8 Å². The summed E-state index contributed by atoms with van der Waals surface area (Å²) in [6, 6.07) is 0.116. The molecule has 1 saturated carbocycles. The van der Waals surface area contributed by atoms with Gasteiger partial charge in [0.25, 0.3) is 5.88 Å². The second-order valence-corrected chi connectivity index (χ2v) is 5.74. The van der Waals surface area contributed by atoms with Crippen molar-refractivity contribution in [2.24, 2.45) is 12.8 Å². The third-order valence-electron chi connectivity index (χ3n) is 3.67. The zero-order valence-corrected chi connectivity index (χ0v) is 12.2. The topological polar surface area (TPSA) is 96.2 Å². The molecule has 1 aromatic rings. The molecular weight excluding hydrogens is 260 g/mol. The van der Waals surface area contributed by atoms with E-state index in [0.717, 1.165) is 25.7 Å². The number of nitrogens with two attached hydrogens (primary N) is 1. The van der Waals surface area contributed by atoms with E-state index in [2.05, 4.69) is 5.10 Å². The Hall–Kier alpha value is -1.63. The molecule has 1 heterocycles. The van der Waals surface area contributed by atoms with Crippen LogP contribution in [0.2, 0.25) is 0 Å². The molecule has 7 heteroatoms. The maximum atomic E-state index is 11.3. The molecule has 0 spiro atoms. The zero-order chi connectivity index (χ0) is 14.9. The first-order chi connectivity index (χ1) is 9.40. The van der Waals surface area contributed by atoms with Gasteiger partial charge in [-0.3, -0.25) is 10.1 Å². The molecule has 1 fully saturated rings. The fourth-order valence-electron chi connectivity index (χ4n) is 2.66. The summed E-state index contributed by atoms with van der Waals surface area (Å²) >= 11 is 0. The predicted octanol–water partition coefficient (Wildman–Crippen LogP) is 2.10. The lowest BCUT2D eigenvalue weighted by Crippen LogP contribution is -2.34.